The van der Waals surface area contributed by atoms with Crippen LogP contribution in [0.3, 0.4) is 0 Å². The van der Waals surface area contributed by atoms with Gasteiger partial charge in [0, 0.05) is 6.61 Å². The second-order valence-corrected chi connectivity index (χ2v) is 8.55. The van der Waals surface area contributed by atoms with Crippen molar-refractivity contribution in [3.63, 3.8) is 0 Å². The first-order chi connectivity index (χ1) is 7.49. The molecule has 94 valence electrons. The fraction of sp³-hybridized carbons (Fsp3) is 0.857. The van der Waals surface area contributed by atoms with Crippen molar-refractivity contribution in [3.05, 3.63) is 10.8 Å². The van der Waals surface area contributed by atoms with Gasteiger partial charge in [-0.25, -0.2) is 0 Å². The van der Waals surface area contributed by atoms with Gasteiger partial charge in [-0.1, -0.05) is 44.4 Å². The quantitative estimate of drug-likeness (QED) is 0.668. The molecular formula is C14H28OSi. The third-order valence-electron chi connectivity index (χ3n) is 4.14. The Labute approximate surface area is 103 Å². The van der Waals surface area contributed by atoms with E-state index < -0.39 is 9.04 Å². The van der Waals surface area contributed by atoms with Gasteiger partial charge < -0.3 is 4.43 Å². The van der Waals surface area contributed by atoms with Crippen LogP contribution in [0.25, 0.3) is 0 Å². The van der Waals surface area contributed by atoms with Gasteiger partial charge in [0.25, 0.3) is 0 Å². The van der Waals surface area contributed by atoms with E-state index in [1.807, 2.05) is 0 Å². The lowest BCUT2D eigenvalue weighted by Crippen LogP contribution is -2.28. The predicted octanol–water partition coefficient (Wildman–Crippen LogP) is 4.22. The Kier molecular flexibility index (Phi) is 5.26. The number of hydrogen-bond acceptors (Lipinski definition) is 1. The van der Waals surface area contributed by atoms with Crippen molar-refractivity contribution in [2.75, 3.05) is 6.61 Å². The highest BCUT2D eigenvalue weighted by Gasteiger charge is 2.26. The minimum Gasteiger partial charge on any atom is -0.416 e. The molecule has 1 aliphatic rings. The molecule has 0 aromatic carbocycles. The van der Waals surface area contributed by atoms with Crippen LogP contribution in [0.5, 0.6) is 0 Å². The van der Waals surface area contributed by atoms with Crippen molar-refractivity contribution >= 4 is 9.04 Å². The van der Waals surface area contributed by atoms with Crippen molar-refractivity contribution in [2.45, 2.75) is 66.3 Å². The van der Waals surface area contributed by atoms with Crippen LogP contribution < -0.4 is 0 Å². The SMILES string of the molecule is CCCC(C)(C)C(C)=C(C)[SiH]1CCCCO1. The molecule has 0 amide bonds. The molecule has 1 nitrogen and oxygen atoms in total. The lowest BCUT2D eigenvalue weighted by atomic mass is 9.81. The maximum atomic E-state index is 6.02. The summed E-state index contributed by atoms with van der Waals surface area (Å²) in [4.78, 5) is 0. The zero-order valence-corrected chi connectivity index (χ0v) is 12.9. The molecule has 0 aliphatic carbocycles. The summed E-state index contributed by atoms with van der Waals surface area (Å²) in [6, 6.07) is 1.35. The van der Waals surface area contributed by atoms with E-state index in [-0.39, 0.29) is 0 Å². The van der Waals surface area contributed by atoms with Gasteiger partial charge in [0.05, 0.1) is 0 Å². The number of hydrogen-bond donors (Lipinski definition) is 0. The van der Waals surface area contributed by atoms with Gasteiger partial charge in [-0.2, -0.15) is 0 Å². The average molecular weight is 240 g/mol. The van der Waals surface area contributed by atoms with E-state index in [1.165, 1.54) is 31.7 Å². The highest BCUT2D eigenvalue weighted by atomic mass is 28.3. The average Bonchev–Trinajstić information content (AvgIpc) is 2.28. The van der Waals surface area contributed by atoms with Crippen molar-refractivity contribution in [3.8, 4) is 0 Å². The summed E-state index contributed by atoms with van der Waals surface area (Å²) in [5.74, 6) is 0. The first-order valence-corrected chi connectivity index (χ1v) is 8.65. The minimum atomic E-state index is -1.02. The monoisotopic (exact) mass is 240 g/mol. The Morgan fingerprint density at radius 2 is 1.94 bits per heavy atom. The fourth-order valence-electron chi connectivity index (χ4n) is 2.67. The molecule has 16 heavy (non-hydrogen) atoms. The lowest BCUT2D eigenvalue weighted by Gasteiger charge is -2.31. The Balaban J connectivity index is 2.76. The van der Waals surface area contributed by atoms with Crippen molar-refractivity contribution in [2.24, 2.45) is 5.41 Å². The van der Waals surface area contributed by atoms with E-state index >= 15 is 0 Å². The van der Waals surface area contributed by atoms with Gasteiger partial charge in [0.15, 0.2) is 0 Å². The zero-order valence-electron chi connectivity index (χ0n) is 11.7. The second-order valence-electron chi connectivity index (χ2n) is 5.80. The summed E-state index contributed by atoms with van der Waals surface area (Å²) in [5, 5.41) is 1.62. The molecule has 0 N–H and O–H groups in total. The smallest absolute Gasteiger partial charge is 0.203 e. The molecule has 0 spiro atoms. The van der Waals surface area contributed by atoms with Crippen LogP contribution in [0, 0.1) is 5.41 Å². The molecule has 1 unspecified atom stereocenters. The summed E-state index contributed by atoms with van der Waals surface area (Å²) in [6.07, 6.45) is 5.21. The van der Waals surface area contributed by atoms with Gasteiger partial charge >= 0.3 is 0 Å². The van der Waals surface area contributed by atoms with Crippen molar-refractivity contribution in [1.82, 2.24) is 0 Å². The maximum Gasteiger partial charge on any atom is 0.203 e. The third kappa shape index (κ3) is 3.46. The molecule has 0 saturated carbocycles. The van der Waals surface area contributed by atoms with Crippen LogP contribution in [0.15, 0.2) is 10.8 Å². The summed E-state index contributed by atoms with van der Waals surface area (Å²) in [6.45, 7) is 12.7. The summed E-state index contributed by atoms with van der Waals surface area (Å²) < 4.78 is 6.02. The Morgan fingerprint density at radius 3 is 2.44 bits per heavy atom. The van der Waals surface area contributed by atoms with E-state index in [1.54, 1.807) is 10.8 Å². The molecule has 1 aliphatic heterocycles. The van der Waals surface area contributed by atoms with Gasteiger partial charge in [-0.05, 0) is 38.1 Å². The van der Waals surface area contributed by atoms with Crippen LogP contribution >= 0.6 is 0 Å². The van der Waals surface area contributed by atoms with E-state index in [0.717, 1.165) is 6.61 Å². The fourth-order valence-corrected chi connectivity index (χ4v) is 5.50. The number of rotatable bonds is 4. The highest BCUT2D eigenvalue weighted by molar-refractivity contribution is 6.60. The molecule has 0 aromatic heterocycles. The van der Waals surface area contributed by atoms with Crippen LogP contribution in [0.2, 0.25) is 6.04 Å². The molecule has 0 aromatic rings. The Hall–Kier alpha value is -0.0831. The van der Waals surface area contributed by atoms with E-state index in [0.29, 0.717) is 5.41 Å². The summed E-state index contributed by atoms with van der Waals surface area (Å²) >= 11 is 0. The largest absolute Gasteiger partial charge is 0.416 e. The molecular weight excluding hydrogens is 212 g/mol. The van der Waals surface area contributed by atoms with Crippen molar-refractivity contribution in [1.29, 1.82) is 0 Å². The molecule has 0 radical (unpaired) electrons. The lowest BCUT2D eigenvalue weighted by molar-refractivity contribution is 0.290. The normalized spacial score (nSPS) is 24.2. The molecule has 1 saturated heterocycles. The van der Waals surface area contributed by atoms with Crippen LogP contribution in [0.1, 0.15) is 60.3 Å². The minimum absolute atomic E-state index is 0.368. The van der Waals surface area contributed by atoms with Crippen LogP contribution in [-0.4, -0.2) is 15.6 Å². The van der Waals surface area contributed by atoms with Crippen LogP contribution in [0.4, 0.5) is 0 Å². The third-order valence-corrected chi connectivity index (χ3v) is 7.11. The second kappa shape index (κ2) is 6.01. The van der Waals surface area contributed by atoms with Crippen molar-refractivity contribution < 1.29 is 4.43 Å². The zero-order chi connectivity index (χ0) is 12.2. The maximum absolute atomic E-state index is 6.02. The standard InChI is InChI=1S/C14H28OSi/c1-6-9-14(4,5)12(2)13(3)16-11-8-7-10-15-16/h16H,6-11H2,1-5H3. The Morgan fingerprint density at radius 1 is 1.25 bits per heavy atom. The van der Waals surface area contributed by atoms with E-state index in [2.05, 4.69) is 34.6 Å². The Bertz CT molecular complexity index is 249. The van der Waals surface area contributed by atoms with Gasteiger partial charge in [0.1, 0.15) is 0 Å². The molecule has 2 heteroatoms. The molecule has 1 atom stereocenters. The summed E-state index contributed by atoms with van der Waals surface area (Å²) in [7, 11) is -1.02. The summed E-state index contributed by atoms with van der Waals surface area (Å²) in [5.41, 5.74) is 1.97. The topological polar surface area (TPSA) is 9.23 Å². The highest BCUT2D eigenvalue weighted by Crippen LogP contribution is 2.35. The predicted molar refractivity (Wildman–Crippen MR) is 74.2 cm³/mol. The molecule has 0 bridgehead atoms. The molecule has 1 fully saturated rings. The van der Waals surface area contributed by atoms with Gasteiger partial charge in [-0.3, -0.25) is 0 Å². The molecule has 1 heterocycles. The first kappa shape index (κ1) is 14.0. The van der Waals surface area contributed by atoms with E-state index in [9.17, 15) is 0 Å². The van der Waals surface area contributed by atoms with Gasteiger partial charge in [0.2, 0.25) is 9.04 Å². The van der Waals surface area contributed by atoms with Crippen LogP contribution in [-0.2, 0) is 4.43 Å². The van der Waals surface area contributed by atoms with Gasteiger partial charge in [-0.15, -0.1) is 0 Å². The number of allylic oxidation sites excluding steroid dienone is 2. The van der Waals surface area contributed by atoms with E-state index in [4.69, 9.17) is 4.43 Å². The first-order valence-electron chi connectivity index (χ1n) is 6.78. The molecule has 1 rings (SSSR count).